The number of carbonyl (C=O) groups is 3. The fourth-order valence-electron chi connectivity index (χ4n) is 8.80. The zero-order valence-corrected chi connectivity index (χ0v) is 31.8. The Balaban J connectivity index is 0.808. The first-order chi connectivity index (χ1) is 26.7. The average Bonchev–Trinajstić information content (AvgIpc) is 3.73. The highest BCUT2D eigenvalue weighted by Crippen LogP contribution is 2.32. The van der Waals surface area contributed by atoms with E-state index in [1.54, 1.807) is 22.6 Å². The van der Waals surface area contributed by atoms with Crippen molar-refractivity contribution in [1.82, 2.24) is 29.7 Å². The molecule has 3 amide bonds. The van der Waals surface area contributed by atoms with Crippen molar-refractivity contribution in [3.8, 4) is 0 Å². The Morgan fingerprint density at radius 2 is 1.51 bits per heavy atom. The van der Waals surface area contributed by atoms with Gasteiger partial charge in [0, 0.05) is 81.2 Å². The number of fused-ring (bicyclic) bond motifs is 1. The molecule has 0 unspecified atom stereocenters. The molecule has 1 saturated carbocycles. The van der Waals surface area contributed by atoms with Crippen LogP contribution in [0.5, 0.6) is 0 Å². The van der Waals surface area contributed by atoms with Crippen LogP contribution in [-0.2, 0) is 4.79 Å². The highest BCUT2D eigenvalue weighted by molar-refractivity contribution is 6.05. The third kappa shape index (κ3) is 7.77. The van der Waals surface area contributed by atoms with Crippen molar-refractivity contribution >= 4 is 57.6 Å². The highest BCUT2D eigenvalue weighted by Gasteiger charge is 2.28. The second-order valence-electron chi connectivity index (χ2n) is 15.4. The first-order valence-corrected chi connectivity index (χ1v) is 19.8. The van der Waals surface area contributed by atoms with Crippen LogP contribution in [0.1, 0.15) is 80.3 Å². The molecule has 14 heteroatoms. The number of amides is 3. The largest absolute Gasteiger partial charge is 0.370 e. The summed E-state index contributed by atoms with van der Waals surface area (Å²) < 4.78 is 1.73. The zero-order valence-electron chi connectivity index (χ0n) is 31.8. The lowest BCUT2D eigenvalue weighted by atomic mass is 9.93. The second kappa shape index (κ2) is 15.8. The molecule has 2 N–H and O–H groups in total. The Morgan fingerprint density at radius 3 is 2.18 bits per heavy atom. The number of ketones is 1. The van der Waals surface area contributed by atoms with Gasteiger partial charge in [-0.1, -0.05) is 12.8 Å². The summed E-state index contributed by atoms with van der Waals surface area (Å²) in [5.74, 6) is 1.26. The summed E-state index contributed by atoms with van der Waals surface area (Å²) in [6, 6.07) is 11.8. The van der Waals surface area contributed by atoms with Gasteiger partial charge < -0.3 is 15.1 Å². The summed E-state index contributed by atoms with van der Waals surface area (Å²) in [4.78, 5) is 72.8. The van der Waals surface area contributed by atoms with Crippen LogP contribution in [0.15, 0.2) is 53.6 Å². The Labute approximate surface area is 320 Å². The summed E-state index contributed by atoms with van der Waals surface area (Å²) in [5.41, 5.74) is 4.24. The predicted octanol–water partition coefficient (Wildman–Crippen LogP) is 5.43. The molecule has 0 bridgehead atoms. The number of piperidine rings is 1. The molecule has 4 aliphatic rings. The predicted molar refractivity (Wildman–Crippen MR) is 214 cm³/mol. The number of urea groups is 1. The van der Waals surface area contributed by atoms with Crippen LogP contribution < -0.4 is 30.9 Å². The molecule has 6 heterocycles. The number of aryl methyl sites for hydroxylation is 1. The highest BCUT2D eigenvalue weighted by atomic mass is 16.2. The van der Waals surface area contributed by atoms with Gasteiger partial charge in [-0.05, 0) is 100 Å². The maximum atomic E-state index is 13.6. The number of piperazine rings is 1. The lowest BCUT2D eigenvalue weighted by molar-refractivity contribution is -0.120. The maximum Gasteiger partial charge on any atom is 0.328 e. The van der Waals surface area contributed by atoms with E-state index >= 15 is 0 Å². The van der Waals surface area contributed by atoms with Crippen molar-refractivity contribution in [3.05, 3.63) is 70.3 Å². The minimum Gasteiger partial charge on any atom is -0.370 e. The third-order valence-electron chi connectivity index (χ3n) is 12.0. The van der Waals surface area contributed by atoms with Crippen LogP contribution >= 0.6 is 0 Å². The molecule has 1 aliphatic carbocycles. The van der Waals surface area contributed by atoms with E-state index in [0.717, 1.165) is 107 Å². The van der Waals surface area contributed by atoms with Crippen LogP contribution in [0.3, 0.4) is 0 Å². The summed E-state index contributed by atoms with van der Waals surface area (Å²) in [6.07, 6.45) is 11.4. The number of rotatable bonds is 10. The van der Waals surface area contributed by atoms with Crippen LogP contribution in [-0.4, -0.2) is 94.5 Å². The molecule has 8 rings (SSSR count). The van der Waals surface area contributed by atoms with E-state index in [0.29, 0.717) is 41.9 Å². The van der Waals surface area contributed by atoms with Gasteiger partial charge in [0.25, 0.3) is 5.56 Å². The third-order valence-corrected chi connectivity index (χ3v) is 12.0. The van der Waals surface area contributed by atoms with Crippen LogP contribution in [0, 0.1) is 12.8 Å². The number of Topliss-reactive ketones (excluding diaryl/α,β-unsaturated/α-hetero) is 1. The van der Waals surface area contributed by atoms with Gasteiger partial charge in [-0.2, -0.15) is 4.98 Å². The van der Waals surface area contributed by atoms with Gasteiger partial charge in [-0.25, -0.2) is 14.8 Å². The molecule has 4 aromatic rings. The van der Waals surface area contributed by atoms with Gasteiger partial charge in [0.05, 0.1) is 17.4 Å². The van der Waals surface area contributed by atoms with Gasteiger partial charge in [-0.15, -0.1) is 0 Å². The van der Waals surface area contributed by atoms with Gasteiger partial charge in [0.2, 0.25) is 11.9 Å². The van der Waals surface area contributed by atoms with Crippen molar-refractivity contribution < 1.29 is 14.4 Å². The Hall–Kier alpha value is -5.37. The maximum absolute atomic E-state index is 13.6. The normalized spacial score (nSPS) is 19.0. The summed E-state index contributed by atoms with van der Waals surface area (Å²) >= 11 is 0. The lowest BCUT2D eigenvalue weighted by Crippen LogP contribution is -2.49. The standard InChI is InChI=1S/C41H50N10O4/c1-27-34-26-43-40(46-38(34)51(32-5-3-4-6-32)39(54)37(27)28(2)52)44-35-12-11-33(25-42-35)48-18-14-29(15-19-48)13-17-47-21-23-49(24-22-47)30-7-9-31(10-8-30)50-20-16-36(53)45-41(50)55/h7-12,25-26,29,32H,3-6,13-24H2,1-2H3,(H,45,53,55)(H,42,43,44,46). The van der Waals surface area contributed by atoms with E-state index in [1.807, 2.05) is 24.4 Å². The fourth-order valence-corrected chi connectivity index (χ4v) is 8.80. The summed E-state index contributed by atoms with van der Waals surface area (Å²) in [6.45, 7) is 10.8. The average molecular weight is 747 g/mol. The van der Waals surface area contributed by atoms with Gasteiger partial charge in [0.15, 0.2) is 5.78 Å². The zero-order chi connectivity index (χ0) is 38.1. The number of imide groups is 1. The number of nitrogens with one attached hydrogen (secondary N) is 2. The van der Waals surface area contributed by atoms with Gasteiger partial charge in [-0.3, -0.25) is 34.1 Å². The molecule has 14 nitrogen and oxygen atoms in total. The molecular weight excluding hydrogens is 697 g/mol. The minimum atomic E-state index is -0.353. The van der Waals surface area contributed by atoms with Crippen LogP contribution in [0.2, 0.25) is 0 Å². The number of pyridine rings is 2. The van der Waals surface area contributed by atoms with Crippen molar-refractivity contribution in [2.24, 2.45) is 5.92 Å². The van der Waals surface area contributed by atoms with Gasteiger partial charge in [0.1, 0.15) is 11.5 Å². The van der Waals surface area contributed by atoms with Gasteiger partial charge >= 0.3 is 6.03 Å². The number of nitrogens with zero attached hydrogens (tertiary/aromatic N) is 8. The number of anilines is 5. The molecular formula is C41H50N10O4. The minimum absolute atomic E-state index is 0.0271. The molecule has 288 valence electrons. The monoisotopic (exact) mass is 746 g/mol. The second-order valence-corrected chi connectivity index (χ2v) is 15.4. The number of hydrogen-bond donors (Lipinski definition) is 2. The first kappa shape index (κ1) is 36.6. The Kier molecular flexibility index (Phi) is 10.5. The molecule has 3 aliphatic heterocycles. The topological polar surface area (TPSA) is 149 Å². The molecule has 0 radical (unpaired) electrons. The van der Waals surface area contributed by atoms with E-state index in [4.69, 9.17) is 9.97 Å². The van der Waals surface area contributed by atoms with Crippen LogP contribution in [0.25, 0.3) is 11.0 Å². The van der Waals surface area contributed by atoms with E-state index in [2.05, 4.69) is 48.5 Å². The molecule has 0 atom stereocenters. The SMILES string of the molecule is CC(=O)c1c(C)c2cnc(Nc3ccc(N4CCC(CCN5CCN(c6ccc(N7CCC(=O)NC7=O)cc6)CC5)CC4)cn3)nc2n(C2CCCC2)c1=O. The smallest absolute Gasteiger partial charge is 0.328 e. The number of carbonyl (C=O) groups excluding carboxylic acids is 3. The molecule has 3 saturated heterocycles. The van der Waals surface area contributed by atoms with E-state index in [1.165, 1.54) is 13.3 Å². The van der Waals surface area contributed by atoms with E-state index in [9.17, 15) is 19.2 Å². The lowest BCUT2D eigenvalue weighted by Gasteiger charge is -2.38. The van der Waals surface area contributed by atoms with E-state index < -0.39 is 0 Å². The molecule has 1 aromatic carbocycles. The molecule has 3 aromatic heterocycles. The van der Waals surface area contributed by atoms with Crippen molar-refractivity contribution in [2.45, 2.75) is 71.3 Å². The number of aromatic nitrogens is 4. The Bertz CT molecular complexity index is 2110. The van der Waals surface area contributed by atoms with Crippen molar-refractivity contribution in [3.63, 3.8) is 0 Å². The quantitative estimate of drug-likeness (QED) is 0.200. The van der Waals surface area contributed by atoms with Crippen LogP contribution in [0.4, 0.5) is 33.6 Å². The molecule has 55 heavy (non-hydrogen) atoms. The fraction of sp³-hybridized carbons (Fsp3) is 0.488. The van der Waals surface area contributed by atoms with Crippen molar-refractivity contribution in [1.29, 1.82) is 0 Å². The molecule has 0 spiro atoms. The number of hydrogen-bond acceptors (Lipinski definition) is 11. The van der Waals surface area contributed by atoms with E-state index in [-0.39, 0.29) is 34.9 Å². The Morgan fingerprint density at radius 1 is 0.818 bits per heavy atom. The summed E-state index contributed by atoms with van der Waals surface area (Å²) in [7, 11) is 0. The summed E-state index contributed by atoms with van der Waals surface area (Å²) in [5, 5.41) is 6.35. The molecule has 4 fully saturated rings. The first-order valence-electron chi connectivity index (χ1n) is 19.8. The number of benzene rings is 1. The van der Waals surface area contributed by atoms with Crippen molar-refractivity contribution in [2.75, 3.05) is 72.4 Å².